The van der Waals surface area contributed by atoms with Crippen LogP contribution in [0.4, 0.5) is 4.39 Å². The van der Waals surface area contributed by atoms with Gasteiger partial charge < -0.3 is 9.84 Å². The lowest BCUT2D eigenvalue weighted by Crippen LogP contribution is -2.32. The number of aryl methyl sites for hydroxylation is 1. The zero-order valence-corrected chi connectivity index (χ0v) is 13.1. The normalized spacial score (nSPS) is 12.3. The van der Waals surface area contributed by atoms with Gasteiger partial charge >= 0.3 is 0 Å². The SMILES string of the molecule is Cc1nn(CC(O)COc2ccccc2F)c(=O)c2ccccc12. The average molecular weight is 328 g/mol. The summed E-state index contributed by atoms with van der Waals surface area (Å²) in [6.07, 6.45) is -0.990. The third-order valence-electron chi connectivity index (χ3n) is 3.70. The number of hydrogen-bond acceptors (Lipinski definition) is 4. The molecule has 0 saturated carbocycles. The number of fused-ring (bicyclic) bond motifs is 1. The highest BCUT2D eigenvalue weighted by molar-refractivity contribution is 5.83. The molecule has 2 aromatic carbocycles. The van der Waals surface area contributed by atoms with Crippen molar-refractivity contribution >= 4 is 10.8 Å². The van der Waals surface area contributed by atoms with Gasteiger partial charge in [-0.1, -0.05) is 30.3 Å². The lowest BCUT2D eigenvalue weighted by molar-refractivity contribution is 0.0861. The molecule has 0 aliphatic heterocycles. The van der Waals surface area contributed by atoms with E-state index >= 15 is 0 Å². The predicted molar refractivity (Wildman–Crippen MR) is 88.6 cm³/mol. The van der Waals surface area contributed by atoms with Gasteiger partial charge in [0.15, 0.2) is 11.6 Å². The summed E-state index contributed by atoms with van der Waals surface area (Å²) in [5.74, 6) is -0.437. The molecule has 24 heavy (non-hydrogen) atoms. The highest BCUT2D eigenvalue weighted by Gasteiger charge is 2.13. The minimum atomic E-state index is -0.990. The molecule has 0 aliphatic rings. The maximum atomic E-state index is 13.5. The van der Waals surface area contributed by atoms with Gasteiger partial charge in [-0.15, -0.1) is 0 Å². The topological polar surface area (TPSA) is 64.3 Å². The summed E-state index contributed by atoms with van der Waals surface area (Å²) in [5, 5.41) is 15.7. The van der Waals surface area contributed by atoms with Crippen molar-refractivity contribution in [1.29, 1.82) is 0 Å². The second kappa shape index (κ2) is 6.80. The Hall–Kier alpha value is -2.73. The number of hydrogen-bond donors (Lipinski definition) is 1. The zero-order chi connectivity index (χ0) is 17.1. The Morgan fingerprint density at radius 3 is 2.58 bits per heavy atom. The maximum Gasteiger partial charge on any atom is 0.274 e. The first-order valence-electron chi connectivity index (χ1n) is 7.58. The van der Waals surface area contributed by atoms with Gasteiger partial charge in [0, 0.05) is 5.39 Å². The van der Waals surface area contributed by atoms with Crippen molar-refractivity contribution in [1.82, 2.24) is 9.78 Å². The molecule has 6 heteroatoms. The molecule has 0 spiro atoms. The smallest absolute Gasteiger partial charge is 0.274 e. The van der Waals surface area contributed by atoms with Gasteiger partial charge in [-0.3, -0.25) is 4.79 Å². The molecule has 0 amide bonds. The highest BCUT2D eigenvalue weighted by atomic mass is 19.1. The van der Waals surface area contributed by atoms with Crippen LogP contribution in [0.2, 0.25) is 0 Å². The van der Waals surface area contributed by atoms with Crippen LogP contribution in [-0.4, -0.2) is 27.6 Å². The Balaban J connectivity index is 1.76. The zero-order valence-electron chi connectivity index (χ0n) is 13.1. The molecule has 0 saturated heterocycles. The van der Waals surface area contributed by atoms with Crippen molar-refractivity contribution in [2.45, 2.75) is 19.6 Å². The summed E-state index contributed by atoms with van der Waals surface area (Å²) in [6, 6.07) is 13.1. The second-order valence-corrected chi connectivity index (χ2v) is 5.51. The number of rotatable bonds is 5. The lowest BCUT2D eigenvalue weighted by Gasteiger charge is -2.14. The Morgan fingerprint density at radius 1 is 1.17 bits per heavy atom. The van der Waals surface area contributed by atoms with Crippen LogP contribution in [0.1, 0.15) is 5.69 Å². The van der Waals surface area contributed by atoms with E-state index in [0.717, 1.165) is 5.39 Å². The summed E-state index contributed by atoms with van der Waals surface area (Å²) in [4.78, 5) is 12.4. The molecule has 3 aromatic rings. The Bertz CT molecular complexity index is 924. The molecule has 1 N–H and O–H groups in total. The number of ether oxygens (including phenoxy) is 1. The number of aliphatic hydroxyl groups excluding tert-OH is 1. The molecule has 1 unspecified atom stereocenters. The fraction of sp³-hybridized carbons (Fsp3) is 0.222. The molecule has 1 heterocycles. The van der Waals surface area contributed by atoms with Crippen LogP contribution in [0, 0.1) is 12.7 Å². The van der Waals surface area contributed by atoms with Crippen LogP contribution in [0.3, 0.4) is 0 Å². The first kappa shape index (κ1) is 16.1. The Labute approximate surface area is 137 Å². The lowest BCUT2D eigenvalue weighted by atomic mass is 10.1. The molecule has 1 aromatic heterocycles. The first-order valence-corrected chi connectivity index (χ1v) is 7.58. The number of halogens is 1. The highest BCUT2D eigenvalue weighted by Crippen LogP contribution is 2.16. The summed E-state index contributed by atoms with van der Waals surface area (Å²) in [7, 11) is 0. The quantitative estimate of drug-likeness (QED) is 0.780. The van der Waals surface area contributed by atoms with Gasteiger partial charge in [-0.2, -0.15) is 5.10 Å². The first-order chi connectivity index (χ1) is 11.6. The average Bonchev–Trinajstić information content (AvgIpc) is 2.59. The van der Waals surface area contributed by atoms with E-state index in [4.69, 9.17) is 4.74 Å². The third-order valence-corrected chi connectivity index (χ3v) is 3.70. The summed E-state index contributed by atoms with van der Waals surface area (Å²) >= 11 is 0. The monoisotopic (exact) mass is 328 g/mol. The van der Waals surface area contributed by atoms with E-state index in [9.17, 15) is 14.3 Å². The van der Waals surface area contributed by atoms with E-state index in [1.54, 1.807) is 31.2 Å². The van der Waals surface area contributed by atoms with Crippen LogP contribution >= 0.6 is 0 Å². The van der Waals surface area contributed by atoms with Gasteiger partial charge in [0.05, 0.1) is 17.6 Å². The van der Waals surface area contributed by atoms with Crippen molar-refractivity contribution in [2.75, 3.05) is 6.61 Å². The third kappa shape index (κ3) is 3.28. The summed E-state index contributed by atoms with van der Waals surface area (Å²) in [6.45, 7) is 1.64. The second-order valence-electron chi connectivity index (χ2n) is 5.51. The fourth-order valence-electron chi connectivity index (χ4n) is 2.53. The van der Waals surface area contributed by atoms with E-state index in [0.29, 0.717) is 11.1 Å². The van der Waals surface area contributed by atoms with E-state index in [2.05, 4.69) is 5.10 Å². The van der Waals surface area contributed by atoms with Crippen molar-refractivity contribution < 1.29 is 14.2 Å². The molecule has 0 fully saturated rings. The molecule has 5 nitrogen and oxygen atoms in total. The number of aliphatic hydroxyl groups is 1. The molecule has 124 valence electrons. The van der Waals surface area contributed by atoms with Crippen molar-refractivity contribution in [3.63, 3.8) is 0 Å². The van der Waals surface area contributed by atoms with Gasteiger partial charge in [0.25, 0.3) is 5.56 Å². The minimum absolute atomic E-state index is 0.0288. The molecule has 1 atom stereocenters. The standard InChI is InChI=1S/C18H17FN2O3/c1-12-14-6-2-3-7-15(14)18(23)21(20-12)10-13(22)11-24-17-9-5-4-8-16(17)19/h2-9,13,22H,10-11H2,1H3. The van der Waals surface area contributed by atoms with E-state index in [1.807, 2.05) is 12.1 Å². The Morgan fingerprint density at radius 2 is 1.83 bits per heavy atom. The van der Waals surface area contributed by atoms with E-state index < -0.39 is 11.9 Å². The number of nitrogens with zero attached hydrogens (tertiary/aromatic N) is 2. The van der Waals surface area contributed by atoms with Gasteiger partial charge in [0.1, 0.15) is 12.7 Å². The van der Waals surface area contributed by atoms with Gasteiger partial charge in [0.2, 0.25) is 0 Å². The summed E-state index contributed by atoms with van der Waals surface area (Å²) in [5.41, 5.74) is 0.425. The molecular weight excluding hydrogens is 311 g/mol. The van der Waals surface area contributed by atoms with Crippen LogP contribution in [0.5, 0.6) is 5.75 Å². The van der Waals surface area contributed by atoms with Crippen LogP contribution in [0.15, 0.2) is 53.3 Å². The predicted octanol–water partition coefficient (Wildman–Crippen LogP) is 2.28. The van der Waals surface area contributed by atoms with E-state index in [-0.39, 0.29) is 24.5 Å². The molecule has 3 rings (SSSR count). The molecule has 0 bridgehead atoms. The van der Waals surface area contributed by atoms with Crippen LogP contribution < -0.4 is 10.3 Å². The number of aromatic nitrogens is 2. The van der Waals surface area contributed by atoms with Crippen LogP contribution in [-0.2, 0) is 6.54 Å². The van der Waals surface area contributed by atoms with Crippen molar-refractivity contribution in [3.8, 4) is 5.75 Å². The summed E-state index contributed by atoms with van der Waals surface area (Å²) < 4.78 is 20.0. The van der Waals surface area contributed by atoms with Crippen molar-refractivity contribution in [3.05, 3.63) is 70.4 Å². The minimum Gasteiger partial charge on any atom is -0.488 e. The van der Waals surface area contributed by atoms with Gasteiger partial charge in [-0.25, -0.2) is 9.07 Å². The largest absolute Gasteiger partial charge is 0.488 e. The van der Waals surface area contributed by atoms with Crippen LogP contribution in [0.25, 0.3) is 10.8 Å². The van der Waals surface area contributed by atoms with E-state index in [1.165, 1.54) is 16.8 Å². The fourth-order valence-corrected chi connectivity index (χ4v) is 2.53. The molecule has 0 radical (unpaired) electrons. The number of benzene rings is 2. The number of para-hydroxylation sites is 1. The molecular formula is C18H17FN2O3. The van der Waals surface area contributed by atoms with Gasteiger partial charge in [-0.05, 0) is 25.1 Å². The maximum absolute atomic E-state index is 13.5. The molecule has 0 aliphatic carbocycles. The van der Waals surface area contributed by atoms with Crippen molar-refractivity contribution in [2.24, 2.45) is 0 Å². The Kier molecular flexibility index (Phi) is 4.57.